The van der Waals surface area contributed by atoms with Gasteiger partial charge in [0.25, 0.3) is 5.91 Å². The van der Waals surface area contributed by atoms with Gasteiger partial charge in [0, 0.05) is 18.9 Å². The highest BCUT2D eigenvalue weighted by molar-refractivity contribution is 5.81. The van der Waals surface area contributed by atoms with Crippen LogP contribution in [0.3, 0.4) is 0 Å². The van der Waals surface area contributed by atoms with Crippen LogP contribution in [0, 0.1) is 0 Å². The Morgan fingerprint density at radius 3 is 2.80 bits per heavy atom. The largest absolute Gasteiger partial charge is 0.485 e. The van der Waals surface area contributed by atoms with Crippen molar-refractivity contribution in [2.45, 2.75) is 12.6 Å². The third kappa shape index (κ3) is 3.19. The van der Waals surface area contributed by atoms with Crippen molar-refractivity contribution in [3.63, 3.8) is 0 Å². The summed E-state index contributed by atoms with van der Waals surface area (Å²) < 4.78 is 13.2. The molecule has 0 saturated carbocycles. The number of benzene rings is 2. The molecule has 0 fully saturated rings. The molecule has 1 atom stereocenters. The van der Waals surface area contributed by atoms with Crippen molar-refractivity contribution < 1.29 is 14.3 Å². The minimum atomic E-state index is -0.657. The van der Waals surface area contributed by atoms with Gasteiger partial charge in [-0.3, -0.25) is 4.79 Å². The van der Waals surface area contributed by atoms with Gasteiger partial charge in [0.1, 0.15) is 6.61 Å². The van der Waals surface area contributed by atoms with Crippen molar-refractivity contribution in [3.05, 3.63) is 72.8 Å². The number of carbonyl (C=O) groups excluding carboxylic acids is 1. The lowest BCUT2D eigenvalue weighted by Gasteiger charge is -2.25. The van der Waals surface area contributed by atoms with E-state index >= 15 is 0 Å². The summed E-state index contributed by atoms with van der Waals surface area (Å²) in [7, 11) is 0. The van der Waals surface area contributed by atoms with Crippen LogP contribution in [-0.2, 0) is 11.3 Å². The van der Waals surface area contributed by atoms with Crippen LogP contribution in [0.2, 0.25) is 0 Å². The molecule has 0 saturated heterocycles. The van der Waals surface area contributed by atoms with Crippen LogP contribution in [0.4, 0.5) is 0 Å². The van der Waals surface area contributed by atoms with E-state index < -0.39 is 6.10 Å². The molecule has 2 aromatic carbocycles. The van der Waals surface area contributed by atoms with Crippen molar-refractivity contribution in [1.82, 2.24) is 14.9 Å². The molecule has 1 amide bonds. The fraction of sp³-hybridized carbons (Fsp3) is 0.158. The van der Waals surface area contributed by atoms with Crippen LogP contribution in [0.5, 0.6) is 11.5 Å². The summed E-state index contributed by atoms with van der Waals surface area (Å²) in [6.07, 6.45) is 4.67. The first kappa shape index (κ1) is 15.3. The molecule has 126 valence electrons. The Hall–Kier alpha value is -3.28. The zero-order chi connectivity index (χ0) is 17.1. The monoisotopic (exact) mass is 335 g/mol. The lowest BCUT2D eigenvalue weighted by Crippen LogP contribution is -2.43. The number of ether oxygens (including phenoxy) is 2. The van der Waals surface area contributed by atoms with Crippen LogP contribution in [0.25, 0.3) is 5.69 Å². The standard InChI is InChI=1S/C19H17N3O3/c23-19(18-12-24-16-7-3-4-8-17(16)25-18)21-11-14-5-1-2-6-15(14)22-10-9-20-13-22/h1-10,13,18H,11-12H2,(H,21,23). The van der Waals surface area contributed by atoms with Gasteiger partial charge in [-0.2, -0.15) is 0 Å². The molecule has 6 nitrogen and oxygen atoms in total. The SMILES string of the molecule is O=C(NCc1ccccc1-n1ccnc1)C1COc2ccccc2O1. The number of nitrogens with zero attached hydrogens (tertiary/aromatic N) is 2. The van der Waals surface area contributed by atoms with Gasteiger partial charge in [-0.25, -0.2) is 4.98 Å². The van der Waals surface area contributed by atoms with E-state index in [-0.39, 0.29) is 12.5 Å². The number of hydrogen-bond acceptors (Lipinski definition) is 4. The highest BCUT2D eigenvalue weighted by Gasteiger charge is 2.27. The second-order valence-corrected chi connectivity index (χ2v) is 5.68. The Balaban J connectivity index is 1.44. The Labute approximate surface area is 145 Å². The number of nitrogens with one attached hydrogen (secondary N) is 1. The molecule has 4 rings (SSSR count). The van der Waals surface area contributed by atoms with Crippen molar-refractivity contribution >= 4 is 5.91 Å². The quantitative estimate of drug-likeness (QED) is 0.795. The van der Waals surface area contributed by atoms with Crippen LogP contribution in [0.1, 0.15) is 5.56 Å². The Bertz CT molecular complexity index is 877. The molecule has 2 heterocycles. The molecule has 0 bridgehead atoms. The van der Waals surface area contributed by atoms with Crippen LogP contribution < -0.4 is 14.8 Å². The van der Waals surface area contributed by atoms with E-state index in [4.69, 9.17) is 9.47 Å². The van der Waals surface area contributed by atoms with Gasteiger partial charge in [-0.1, -0.05) is 30.3 Å². The van der Waals surface area contributed by atoms with Gasteiger partial charge < -0.3 is 19.4 Å². The maximum atomic E-state index is 12.4. The summed E-state index contributed by atoms with van der Waals surface area (Å²) in [5.41, 5.74) is 1.97. The van der Waals surface area contributed by atoms with Gasteiger partial charge in [0.2, 0.25) is 6.10 Å². The van der Waals surface area contributed by atoms with Gasteiger partial charge in [0.05, 0.1) is 12.0 Å². The number of aromatic nitrogens is 2. The zero-order valence-electron chi connectivity index (χ0n) is 13.5. The number of rotatable bonds is 4. The molecule has 1 aliphatic heterocycles. The van der Waals surface area contributed by atoms with Gasteiger partial charge in [0.15, 0.2) is 11.5 Å². The van der Waals surface area contributed by atoms with E-state index in [9.17, 15) is 4.79 Å². The Kier molecular flexibility index (Phi) is 4.08. The molecule has 6 heteroatoms. The second-order valence-electron chi connectivity index (χ2n) is 5.68. The third-order valence-corrected chi connectivity index (χ3v) is 4.03. The third-order valence-electron chi connectivity index (χ3n) is 4.03. The van der Waals surface area contributed by atoms with E-state index in [1.165, 1.54) is 0 Å². The summed E-state index contributed by atoms with van der Waals surface area (Å²) in [6, 6.07) is 15.2. The summed E-state index contributed by atoms with van der Waals surface area (Å²) in [6.45, 7) is 0.598. The fourth-order valence-corrected chi connectivity index (χ4v) is 2.76. The molecular weight excluding hydrogens is 318 g/mol. The number of fused-ring (bicyclic) bond motifs is 1. The first-order chi connectivity index (χ1) is 12.3. The minimum absolute atomic E-state index is 0.199. The van der Waals surface area contributed by atoms with E-state index in [0.29, 0.717) is 18.0 Å². The van der Waals surface area contributed by atoms with E-state index in [2.05, 4.69) is 10.3 Å². The van der Waals surface area contributed by atoms with Crippen LogP contribution in [-0.4, -0.2) is 28.2 Å². The second kappa shape index (κ2) is 6.68. The Morgan fingerprint density at radius 2 is 1.96 bits per heavy atom. The minimum Gasteiger partial charge on any atom is -0.485 e. The molecule has 1 aromatic heterocycles. The average molecular weight is 335 g/mol. The van der Waals surface area contributed by atoms with Crippen molar-refractivity contribution in [3.8, 4) is 17.2 Å². The number of amides is 1. The highest BCUT2D eigenvalue weighted by Crippen LogP contribution is 2.30. The summed E-state index contributed by atoms with van der Waals surface area (Å²) >= 11 is 0. The predicted octanol–water partition coefficient (Wildman–Crippen LogP) is 2.33. The molecule has 25 heavy (non-hydrogen) atoms. The number of imidazole rings is 1. The first-order valence-electron chi connectivity index (χ1n) is 8.04. The van der Waals surface area contributed by atoms with E-state index in [1.807, 2.05) is 53.2 Å². The summed E-state index contributed by atoms with van der Waals surface area (Å²) in [5, 5.41) is 2.92. The number of hydrogen-bond donors (Lipinski definition) is 1. The highest BCUT2D eigenvalue weighted by atomic mass is 16.6. The lowest BCUT2D eigenvalue weighted by atomic mass is 10.1. The summed E-state index contributed by atoms with van der Waals surface area (Å²) in [5.74, 6) is 1.06. The molecule has 0 aliphatic carbocycles. The number of para-hydroxylation sites is 3. The normalized spacial score (nSPS) is 15.6. The number of carbonyl (C=O) groups is 1. The molecule has 1 unspecified atom stereocenters. The van der Waals surface area contributed by atoms with Crippen molar-refractivity contribution in [2.24, 2.45) is 0 Å². The fourth-order valence-electron chi connectivity index (χ4n) is 2.76. The maximum Gasteiger partial charge on any atom is 0.264 e. The van der Waals surface area contributed by atoms with Crippen molar-refractivity contribution in [1.29, 1.82) is 0 Å². The topological polar surface area (TPSA) is 65.4 Å². The van der Waals surface area contributed by atoms with Gasteiger partial charge in [-0.05, 0) is 23.8 Å². The van der Waals surface area contributed by atoms with Crippen molar-refractivity contribution in [2.75, 3.05) is 6.61 Å². The molecule has 3 aromatic rings. The van der Waals surface area contributed by atoms with E-state index in [0.717, 1.165) is 11.3 Å². The first-order valence-corrected chi connectivity index (χ1v) is 8.04. The molecule has 1 aliphatic rings. The van der Waals surface area contributed by atoms with Crippen LogP contribution in [0.15, 0.2) is 67.3 Å². The smallest absolute Gasteiger partial charge is 0.264 e. The summed E-state index contributed by atoms with van der Waals surface area (Å²) in [4.78, 5) is 16.5. The average Bonchev–Trinajstić information content (AvgIpc) is 3.20. The lowest BCUT2D eigenvalue weighted by molar-refractivity contribution is -0.130. The zero-order valence-corrected chi connectivity index (χ0v) is 13.5. The van der Waals surface area contributed by atoms with Crippen LogP contribution >= 0.6 is 0 Å². The van der Waals surface area contributed by atoms with Gasteiger partial charge in [-0.15, -0.1) is 0 Å². The predicted molar refractivity (Wildman–Crippen MR) is 91.8 cm³/mol. The molecule has 0 radical (unpaired) electrons. The van der Waals surface area contributed by atoms with E-state index in [1.54, 1.807) is 18.6 Å². The van der Waals surface area contributed by atoms with Gasteiger partial charge >= 0.3 is 0 Å². The molecular formula is C19H17N3O3. The molecule has 0 spiro atoms. The Morgan fingerprint density at radius 1 is 1.16 bits per heavy atom. The maximum absolute atomic E-state index is 12.4. The molecule has 1 N–H and O–H groups in total.